The maximum Gasteiger partial charge on any atom is 0.198 e. The van der Waals surface area contributed by atoms with Crippen LogP contribution in [-0.2, 0) is 0 Å². The van der Waals surface area contributed by atoms with Crippen LogP contribution in [0.25, 0.3) is 22.1 Å². The van der Waals surface area contributed by atoms with E-state index in [1.165, 1.54) is 18.8 Å². The molecule has 26 heavy (non-hydrogen) atoms. The van der Waals surface area contributed by atoms with Crippen molar-refractivity contribution in [3.05, 3.63) is 41.4 Å². The van der Waals surface area contributed by atoms with Gasteiger partial charge in [-0.3, -0.25) is 5.10 Å². The number of rotatable bonds is 1. The number of nitrogens with zero attached hydrogens (tertiary/aromatic N) is 4. The van der Waals surface area contributed by atoms with Gasteiger partial charge < -0.3 is 10.2 Å². The number of anilines is 1. The van der Waals surface area contributed by atoms with Crippen molar-refractivity contribution in [2.75, 3.05) is 5.73 Å². The fourth-order valence-corrected chi connectivity index (χ4v) is 2.99. The van der Waals surface area contributed by atoms with Gasteiger partial charge in [-0.25, -0.2) is 19.3 Å². The molecule has 8 heteroatoms. The van der Waals surface area contributed by atoms with E-state index in [1.54, 1.807) is 6.07 Å². The van der Waals surface area contributed by atoms with Crippen molar-refractivity contribution in [3.63, 3.8) is 0 Å². The summed E-state index contributed by atoms with van der Waals surface area (Å²) in [5.74, 6) is 6.49. The lowest BCUT2D eigenvalue weighted by molar-refractivity contribution is 0.344. The molecule has 0 bridgehead atoms. The molecule has 5 rings (SSSR count). The third-order valence-electron chi connectivity index (χ3n) is 4.65. The fraction of sp³-hybridized carbons (Fsp3) is 0.222. The quantitative estimate of drug-likeness (QED) is 0.512. The maximum atomic E-state index is 14.4. The lowest BCUT2D eigenvalue weighted by Crippen LogP contribution is -2.08. The first-order chi connectivity index (χ1) is 12.7. The molecule has 1 aromatic carbocycles. The maximum absolute atomic E-state index is 14.4. The first-order valence-electron chi connectivity index (χ1n) is 8.25. The van der Waals surface area contributed by atoms with Crippen LogP contribution in [-0.4, -0.2) is 25.1 Å². The summed E-state index contributed by atoms with van der Waals surface area (Å²) < 4.78 is 20.1. The first-order valence-corrected chi connectivity index (χ1v) is 8.25. The SMILES string of the molecule is Nc1ncnc2n[nH]c(C#Cc3cc4nc(C5CCC5)oc4cc3F)c12. The van der Waals surface area contributed by atoms with Gasteiger partial charge in [-0.2, -0.15) is 5.10 Å². The first kappa shape index (κ1) is 14.8. The van der Waals surface area contributed by atoms with Crippen molar-refractivity contribution in [1.82, 2.24) is 25.1 Å². The standard InChI is InChI=1S/C18H13FN6O/c19-11-7-14-13(23-18(26-14)9-2-1-3-9)6-10(11)4-5-12-15-16(20)21-8-22-17(15)25-24-12/h6-9H,1-3H2,(H3,20,21,22,24,25). The van der Waals surface area contributed by atoms with Crippen LogP contribution in [0.1, 0.15) is 42.3 Å². The lowest BCUT2D eigenvalue weighted by Gasteiger charge is -2.21. The monoisotopic (exact) mass is 348 g/mol. The number of oxazole rings is 1. The van der Waals surface area contributed by atoms with E-state index in [4.69, 9.17) is 10.2 Å². The fourth-order valence-electron chi connectivity index (χ4n) is 2.99. The molecule has 3 N–H and O–H groups in total. The summed E-state index contributed by atoms with van der Waals surface area (Å²) in [5, 5.41) is 7.30. The summed E-state index contributed by atoms with van der Waals surface area (Å²) in [5.41, 5.74) is 7.98. The summed E-state index contributed by atoms with van der Waals surface area (Å²) in [6, 6.07) is 2.93. The van der Waals surface area contributed by atoms with E-state index < -0.39 is 5.82 Å². The van der Waals surface area contributed by atoms with Crippen molar-refractivity contribution in [3.8, 4) is 11.8 Å². The van der Waals surface area contributed by atoms with Gasteiger partial charge in [0, 0.05) is 12.0 Å². The molecule has 1 aliphatic rings. The predicted molar refractivity (Wildman–Crippen MR) is 92.6 cm³/mol. The molecule has 0 radical (unpaired) electrons. The van der Waals surface area contributed by atoms with Gasteiger partial charge in [0.1, 0.15) is 29.2 Å². The van der Waals surface area contributed by atoms with Crippen LogP contribution in [0.5, 0.6) is 0 Å². The van der Waals surface area contributed by atoms with Crippen LogP contribution in [0.3, 0.4) is 0 Å². The number of nitrogen functional groups attached to an aromatic ring is 1. The number of H-pyrrole nitrogens is 1. The largest absolute Gasteiger partial charge is 0.440 e. The Morgan fingerprint density at radius 3 is 2.92 bits per heavy atom. The van der Waals surface area contributed by atoms with Crippen molar-refractivity contribution in [1.29, 1.82) is 0 Å². The number of aromatic amines is 1. The molecule has 0 unspecified atom stereocenters. The zero-order valence-corrected chi connectivity index (χ0v) is 13.6. The summed E-state index contributed by atoms with van der Waals surface area (Å²) in [6.45, 7) is 0. The third-order valence-corrected chi connectivity index (χ3v) is 4.65. The topological polar surface area (TPSA) is 107 Å². The number of halogens is 1. The minimum absolute atomic E-state index is 0.226. The summed E-state index contributed by atoms with van der Waals surface area (Å²) in [7, 11) is 0. The van der Waals surface area contributed by atoms with Gasteiger partial charge in [0.15, 0.2) is 17.1 Å². The minimum Gasteiger partial charge on any atom is -0.440 e. The normalized spacial score (nSPS) is 14.3. The van der Waals surface area contributed by atoms with Crippen molar-refractivity contribution < 1.29 is 8.81 Å². The molecule has 0 amide bonds. The molecule has 1 saturated carbocycles. The Morgan fingerprint density at radius 1 is 1.23 bits per heavy atom. The molecular formula is C18H13FN6O. The molecule has 4 aromatic rings. The minimum atomic E-state index is -0.464. The van der Waals surface area contributed by atoms with E-state index in [1.807, 2.05) is 0 Å². The van der Waals surface area contributed by atoms with Gasteiger partial charge in [-0.1, -0.05) is 12.3 Å². The zero-order valence-electron chi connectivity index (χ0n) is 13.6. The highest BCUT2D eigenvalue weighted by Gasteiger charge is 2.25. The second kappa shape index (κ2) is 5.52. The molecule has 3 aromatic heterocycles. The Labute approximate surface area is 146 Å². The van der Waals surface area contributed by atoms with Gasteiger partial charge in [-0.05, 0) is 24.8 Å². The Hall–Kier alpha value is -3.47. The number of hydrogen-bond donors (Lipinski definition) is 2. The summed E-state index contributed by atoms with van der Waals surface area (Å²) in [4.78, 5) is 12.4. The van der Waals surface area contributed by atoms with E-state index in [2.05, 4.69) is 37.0 Å². The second-order valence-corrected chi connectivity index (χ2v) is 6.29. The number of benzene rings is 1. The number of aromatic nitrogens is 5. The van der Waals surface area contributed by atoms with Crippen molar-refractivity contribution >= 4 is 28.0 Å². The highest BCUT2D eigenvalue weighted by molar-refractivity contribution is 5.90. The van der Waals surface area contributed by atoms with E-state index in [0.29, 0.717) is 39.6 Å². The zero-order chi connectivity index (χ0) is 17.7. The Balaban J connectivity index is 1.57. The molecule has 0 spiro atoms. The Kier molecular flexibility index (Phi) is 3.15. The van der Waals surface area contributed by atoms with Crippen molar-refractivity contribution in [2.45, 2.75) is 25.2 Å². The lowest BCUT2D eigenvalue weighted by atomic mass is 9.85. The molecule has 0 saturated heterocycles. The van der Waals surface area contributed by atoms with Crippen LogP contribution >= 0.6 is 0 Å². The smallest absolute Gasteiger partial charge is 0.198 e. The Morgan fingerprint density at radius 2 is 2.12 bits per heavy atom. The van der Waals surface area contributed by atoms with Gasteiger partial charge >= 0.3 is 0 Å². The van der Waals surface area contributed by atoms with Gasteiger partial charge in [0.2, 0.25) is 0 Å². The highest BCUT2D eigenvalue weighted by atomic mass is 19.1. The average Bonchev–Trinajstić information content (AvgIpc) is 3.15. The van der Waals surface area contributed by atoms with Crippen molar-refractivity contribution in [2.24, 2.45) is 0 Å². The average molecular weight is 348 g/mol. The van der Waals surface area contributed by atoms with Crippen LogP contribution < -0.4 is 5.73 Å². The predicted octanol–water partition coefficient (Wildman–Crippen LogP) is 2.88. The molecule has 0 atom stereocenters. The van der Waals surface area contributed by atoms with Crippen LogP contribution in [0, 0.1) is 17.7 Å². The summed E-state index contributed by atoms with van der Waals surface area (Å²) >= 11 is 0. The van der Waals surface area contributed by atoms with E-state index >= 15 is 0 Å². The number of fused-ring (bicyclic) bond motifs is 2. The molecule has 3 heterocycles. The van der Waals surface area contributed by atoms with Gasteiger partial charge in [-0.15, -0.1) is 0 Å². The van der Waals surface area contributed by atoms with Crippen LogP contribution in [0.4, 0.5) is 10.2 Å². The molecule has 1 fully saturated rings. The third kappa shape index (κ3) is 2.29. The molecular weight excluding hydrogens is 335 g/mol. The van der Waals surface area contributed by atoms with E-state index in [0.717, 1.165) is 12.8 Å². The molecule has 7 nitrogen and oxygen atoms in total. The van der Waals surface area contributed by atoms with E-state index in [-0.39, 0.29) is 11.4 Å². The van der Waals surface area contributed by atoms with Gasteiger partial charge in [0.05, 0.1) is 10.9 Å². The highest BCUT2D eigenvalue weighted by Crippen LogP contribution is 2.37. The van der Waals surface area contributed by atoms with E-state index in [9.17, 15) is 4.39 Å². The van der Waals surface area contributed by atoms with Gasteiger partial charge in [0.25, 0.3) is 0 Å². The molecule has 0 aliphatic heterocycles. The Bertz CT molecular complexity index is 1210. The molecule has 128 valence electrons. The molecule has 1 aliphatic carbocycles. The number of nitrogens with two attached hydrogens (primary N) is 1. The number of hydrogen-bond acceptors (Lipinski definition) is 6. The van der Waals surface area contributed by atoms with Crippen LogP contribution in [0.15, 0.2) is 22.9 Å². The number of nitrogens with one attached hydrogen (secondary N) is 1. The van der Waals surface area contributed by atoms with Crippen LogP contribution in [0.2, 0.25) is 0 Å². The summed E-state index contributed by atoms with van der Waals surface area (Å²) in [6.07, 6.45) is 4.64. The second-order valence-electron chi connectivity index (χ2n) is 6.29.